The van der Waals surface area contributed by atoms with E-state index in [2.05, 4.69) is 10.4 Å². The van der Waals surface area contributed by atoms with Gasteiger partial charge in [0.15, 0.2) is 0 Å². The topological polar surface area (TPSA) is 46.9 Å². The molecular weight excluding hydrogens is 404 g/mol. The molecule has 0 bridgehead atoms. The Labute approximate surface area is 176 Å². The Morgan fingerprint density at radius 1 is 1.00 bits per heavy atom. The Morgan fingerprint density at radius 2 is 1.70 bits per heavy atom. The molecule has 0 atom stereocenters. The van der Waals surface area contributed by atoms with Crippen LogP contribution in [0.25, 0.3) is 21.8 Å². The molecule has 7 heteroatoms. The minimum Gasteiger partial charge on any atom is -0.313 e. The van der Waals surface area contributed by atoms with Gasteiger partial charge in [-0.05, 0) is 32.0 Å². The lowest BCUT2D eigenvalue weighted by molar-refractivity contribution is 0.102. The molecular formula is C23H19F2N3OS. The van der Waals surface area contributed by atoms with Crippen molar-refractivity contribution in [3.8, 4) is 21.8 Å². The fourth-order valence-corrected chi connectivity index (χ4v) is 4.08. The summed E-state index contributed by atoms with van der Waals surface area (Å²) in [5, 5.41) is 7.53. The van der Waals surface area contributed by atoms with E-state index in [1.54, 1.807) is 10.7 Å². The zero-order chi connectivity index (χ0) is 21.3. The average Bonchev–Trinajstić information content (AvgIpc) is 3.32. The van der Waals surface area contributed by atoms with E-state index in [1.165, 1.54) is 24.3 Å². The Balaban J connectivity index is 1.69. The summed E-state index contributed by atoms with van der Waals surface area (Å²) in [4.78, 5) is 12.7. The van der Waals surface area contributed by atoms with E-state index in [4.69, 9.17) is 0 Å². The Bertz CT molecular complexity index is 1200. The number of hydrogen-bond donors (Lipinski definition) is 1. The minimum atomic E-state index is -0.627. The summed E-state index contributed by atoms with van der Waals surface area (Å²) in [6.07, 6.45) is 0. The zero-order valence-electron chi connectivity index (χ0n) is 16.4. The van der Waals surface area contributed by atoms with E-state index in [0.717, 1.165) is 22.6 Å². The van der Waals surface area contributed by atoms with E-state index in [-0.39, 0.29) is 11.6 Å². The number of hydrogen-bond acceptors (Lipinski definition) is 3. The van der Waals surface area contributed by atoms with Crippen molar-refractivity contribution in [3.63, 3.8) is 0 Å². The van der Waals surface area contributed by atoms with Gasteiger partial charge in [0.2, 0.25) is 0 Å². The summed E-state index contributed by atoms with van der Waals surface area (Å²) in [5.41, 5.74) is 2.21. The second-order valence-electron chi connectivity index (χ2n) is 7.04. The Hall–Kier alpha value is -3.32. The van der Waals surface area contributed by atoms with Crippen molar-refractivity contribution in [1.29, 1.82) is 0 Å². The lowest BCUT2D eigenvalue weighted by Gasteiger charge is -2.09. The molecule has 0 aliphatic carbocycles. The summed E-state index contributed by atoms with van der Waals surface area (Å²) in [7, 11) is 0. The van der Waals surface area contributed by atoms with Crippen LogP contribution < -0.4 is 5.32 Å². The predicted octanol–water partition coefficient (Wildman–Crippen LogP) is 6.39. The Morgan fingerprint density at radius 3 is 2.40 bits per heavy atom. The van der Waals surface area contributed by atoms with Crippen LogP contribution in [0.4, 0.5) is 13.8 Å². The van der Waals surface area contributed by atoms with Gasteiger partial charge in [-0.1, -0.05) is 42.5 Å². The molecule has 2 aromatic heterocycles. The van der Waals surface area contributed by atoms with Crippen molar-refractivity contribution >= 4 is 22.2 Å². The molecule has 0 saturated heterocycles. The highest BCUT2D eigenvalue weighted by molar-refractivity contribution is 7.19. The highest BCUT2D eigenvalue weighted by Gasteiger charge is 2.21. The molecule has 0 spiro atoms. The molecule has 0 radical (unpaired) electrons. The maximum Gasteiger partial charge on any atom is 0.259 e. The number of halogens is 2. The first-order valence-electron chi connectivity index (χ1n) is 9.44. The van der Waals surface area contributed by atoms with Gasteiger partial charge in [-0.3, -0.25) is 9.48 Å². The van der Waals surface area contributed by atoms with Crippen molar-refractivity contribution in [2.45, 2.75) is 19.9 Å². The molecule has 0 aliphatic rings. The molecule has 4 aromatic rings. The smallest absolute Gasteiger partial charge is 0.259 e. The van der Waals surface area contributed by atoms with Gasteiger partial charge in [0.25, 0.3) is 5.91 Å². The first-order chi connectivity index (χ1) is 14.4. The van der Waals surface area contributed by atoms with Crippen LogP contribution >= 0.6 is 11.3 Å². The average molecular weight is 423 g/mol. The third kappa shape index (κ3) is 3.89. The number of benzene rings is 2. The van der Waals surface area contributed by atoms with Gasteiger partial charge < -0.3 is 5.32 Å². The van der Waals surface area contributed by atoms with E-state index >= 15 is 0 Å². The first kappa shape index (κ1) is 20.0. The van der Waals surface area contributed by atoms with Crippen molar-refractivity contribution in [1.82, 2.24) is 9.78 Å². The standard InChI is InChI=1S/C23H19F2N3OS/c1-14(2)28-20(13-19(27-28)15-8-4-3-5-9-15)22-18(25)12-21(30-22)26-23(29)16-10-6-7-11-17(16)24/h3-14H,1-2H3,(H,26,29). The van der Waals surface area contributed by atoms with Crippen molar-refractivity contribution < 1.29 is 13.6 Å². The minimum absolute atomic E-state index is 0.00965. The van der Waals surface area contributed by atoms with Gasteiger partial charge >= 0.3 is 0 Å². The third-order valence-corrected chi connectivity index (χ3v) is 5.62. The maximum absolute atomic E-state index is 14.8. The fraction of sp³-hybridized carbons (Fsp3) is 0.130. The zero-order valence-corrected chi connectivity index (χ0v) is 17.2. The second-order valence-corrected chi connectivity index (χ2v) is 8.09. The summed E-state index contributed by atoms with van der Waals surface area (Å²) < 4.78 is 30.4. The van der Waals surface area contributed by atoms with Crippen LogP contribution in [0.3, 0.4) is 0 Å². The van der Waals surface area contributed by atoms with Crippen molar-refractivity contribution in [2.75, 3.05) is 5.32 Å². The largest absolute Gasteiger partial charge is 0.313 e. The van der Waals surface area contributed by atoms with Gasteiger partial charge in [0, 0.05) is 17.7 Å². The quantitative estimate of drug-likeness (QED) is 0.404. The molecule has 4 rings (SSSR count). The highest BCUT2D eigenvalue weighted by Crippen LogP contribution is 2.38. The predicted molar refractivity (Wildman–Crippen MR) is 116 cm³/mol. The van der Waals surface area contributed by atoms with Crippen molar-refractivity contribution in [3.05, 3.63) is 83.9 Å². The van der Waals surface area contributed by atoms with Crippen LogP contribution in [0, 0.1) is 11.6 Å². The van der Waals surface area contributed by atoms with Gasteiger partial charge in [0.05, 0.1) is 26.8 Å². The number of carbonyl (C=O) groups is 1. The van der Waals surface area contributed by atoms with Crippen LogP contribution in [0.15, 0.2) is 66.7 Å². The van der Waals surface area contributed by atoms with Crippen LogP contribution in [0.5, 0.6) is 0 Å². The maximum atomic E-state index is 14.8. The normalized spacial score (nSPS) is 11.1. The number of nitrogens with one attached hydrogen (secondary N) is 1. The van der Waals surface area contributed by atoms with E-state index in [0.29, 0.717) is 15.6 Å². The van der Waals surface area contributed by atoms with Gasteiger partial charge in [-0.15, -0.1) is 11.3 Å². The molecule has 0 unspecified atom stereocenters. The van der Waals surface area contributed by atoms with E-state index in [9.17, 15) is 13.6 Å². The molecule has 4 nitrogen and oxygen atoms in total. The highest BCUT2D eigenvalue weighted by atomic mass is 32.1. The molecule has 0 fully saturated rings. The number of aromatic nitrogens is 2. The lowest BCUT2D eigenvalue weighted by Crippen LogP contribution is -2.12. The monoisotopic (exact) mass is 423 g/mol. The summed E-state index contributed by atoms with van der Waals surface area (Å²) in [5.74, 6) is -1.72. The van der Waals surface area contributed by atoms with Gasteiger partial charge in [0.1, 0.15) is 11.6 Å². The molecule has 1 N–H and O–H groups in total. The third-order valence-electron chi connectivity index (χ3n) is 4.57. The van der Waals surface area contributed by atoms with Gasteiger partial charge in [-0.25, -0.2) is 8.78 Å². The molecule has 2 aromatic carbocycles. The summed E-state index contributed by atoms with van der Waals surface area (Å²) in [6.45, 7) is 3.94. The molecule has 30 heavy (non-hydrogen) atoms. The summed E-state index contributed by atoms with van der Waals surface area (Å²) in [6, 6.07) is 18.4. The first-order valence-corrected chi connectivity index (χ1v) is 10.3. The molecule has 1 amide bonds. The van der Waals surface area contributed by atoms with Crippen LogP contribution in [0.1, 0.15) is 30.2 Å². The number of thiophene rings is 1. The van der Waals surface area contributed by atoms with Crippen LogP contribution in [-0.4, -0.2) is 15.7 Å². The number of rotatable bonds is 5. The van der Waals surface area contributed by atoms with E-state index in [1.807, 2.05) is 50.2 Å². The van der Waals surface area contributed by atoms with E-state index < -0.39 is 17.5 Å². The molecule has 0 aliphatic heterocycles. The van der Waals surface area contributed by atoms with Gasteiger partial charge in [-0.2, -0.15) is 5.10 Å². The molecule has 2 heterocycles. The second kappa shape index (κ2) is 8.20. The summed E-state index contributed by atoms with van der Waals surface area (Å²) >= 11 is 1.09. The molecule has 0 saturated carbocycles. The van der Waals surface area contributed by atoms with Crippen LogP contribution in [-0.2, 0) is 0 Å². The number of anilines is 1. The SMILES string of the molecule is CC(C)n1nc(-c2ccccc2)cc1-c1sc(NC(=O)c2ccccc2F)cc1F. The number of nitrogens with zero attached hydrogens (tertiary/aromatic N) is 2. The number of carbonyl (C=O) groups excluding carboxylic acids is 1. The Kier molecular flexibility index (Phi) is 5.46. The molecule has 152 valence electrons. The van der Waals surface area contributed by atoms with Crippen molar-refractivity contribution in [2.24, 2.45) is 0 Å². The fourth-order valence-electron chi connectivity index (χ4n) is 3.14. The van der Waals surface area contributed by atoms with Crippen LogP contribution in [0.2, 0.25) is 0 Å². The lowest BCUT2D eigenvalue weighted by atomic mass is 10.1. The number of amides is 1.